The van der Waals surface area contributed by atoms with Crippen LogP contribution in [0.2, 0.25) is 0 Å². The molecule has 6 heteroatoms. The van der Waals surface area contributed by atoms with Gasteiger partial charge in [-0.3, -0.25) is 14.7 Å². The van der Waals surface area contributed by atoms with Gasteiger partial charge in [-0.2, -0.15) is 0 Å². The van der Waals surface area contributed by atoms with E-state index in [0.29, 0.717) is 0 Å². The molecule has 0 aromatic heterocycles. The first-order valence-corrected chi connectivity index (χ1v) is 13.1. The number of likely N-dealkylation sites (tertiary alicyclic amines) is 3. The fourth-order valence-corrected chi connectivity index (χ4v) is 5.64. The molecule has 3 saturated heterocycles. The summed E-state index contributed by atoms with van der Waals surface area (Å²) in [5.74, 6) is 0. The highest BCUT2D eigenvalue weighted by atomic mass is 19.1. The summed E-state index contributed by atoms with van der Waals surface area (Å²) in [4.78, 5) is 6.81. The summed E-state index contributed by atoms with van der Waals surface area (Å²) in [5, 5.41) is 0. The smallest absolute Gasteiger partial charge is 0.105 e. The van der Waals surface area contributed by atoms with Gasteiger partial charge in [0.25, 0.3) is 0 Å². The van der Waals surface area contributed by atoms with E-state index in [1.54, 1.807) is 0 Å². The average molecular weight is 478 g/mol. The predicted octanol–water partition coefficient (Wildman–Crippen LogP) is 6.66. The molecule has 0 radical (unpaired) electrons. The Morgan fingerprint density at radius 1 is 0.485 bits per heavy atom. The van der Waals surface area contributed by atoms with E-state index in [9.17, 15) is 13.2 Å². The van der Waals surface area contributed by atoms with Crippen LogP contribution in [0.25, 0.3) is 0 Å². The van der Waals surface area contributed by atoms with Gasteiger partial charge < -0.3 is 0 Å². The number of nitrogens with zero attached hydrogens (tertiary/aromatic N) is 3. The molecule has 0 aliphatic carbocycles. The van der Waals surface area contributed by atoms with Crippen LogP contribution in [0.15, 0.2) is 0 Å². The minimum Gasteiger partial charge on any atom is -0.293 e. The molecule has 0 bridgehead atoms. The summed E-state index contributed by atoms with van der Waals surface area (Å²) in [5.41, 5.74) is 0.438. The van der Waals surface area contributed by atoms with Gasteiger partial charge >= 0.3 is 0 Å². The van der Waals surface area contributed by atoms with Gasteiger partial charge in [0.15, 0.2) is 0 Å². The van der Waals surface area contributed by atoms with Crippen molar-refractivity contribution in [3.63, 3.8) is 0 Å². The van der Waals surface area contributed by atoms with Crippen LogP contribution < -0.4 is 0 Å². The summed E-state index contributed by atoms with van der Waals surface area (Å²) in [6.07, 6.45) is 6.58. The van der Waals surface area contributed by atoms with Gasteiger partial charge in [0.1, 0.15) is 20.0 Å². The van der Waals surface area contributed by atoms with Crippen molar-refractivity contribution in [2.45, 2.75) is 136 Å². The molecular formula is C27H54F3N3. The van der Waals surface area contributed by atoms with E-state index in [-0.39, 0.29) is 54.8 Å². The molecule has 3 heterocycles. The second-order valence-corrected chi connectivity index (χ2v) is 12.9. The van der Waals surface area contributed by atoms with Crippen molar-refractivity contribution in [3.8, 4) is 0 Å². The SMILES string of the molecule is CC(C)(C)N1CCCC1CF.CC(C)(C)N1CCC[C@@H]1CF.CC(C)(C)N1CCC[C@H]1CF. The molecule has 3 nitrogen and oxygen atoms in total. The largest absolute Gasteiger partial charge is 0.293 e. The second kappa shape index (κ2) is 13.1. The molecule has 1 unspecified atom stereocenters. The lowest BCUT2D eigenvalue weighted by Crippen LogP contribution is -2.45. The quantitative estimate of drug-likeness (QED) is 0.450. The standard InChI is InChI=1S/3C9H18FN/c3*1-9(2,3)11-6-4-5-8(11)7-10/h3*8H,4-7H2,1-3H3/t2*8-;/m10./s1. The van der Waals surface area contributed by atoms with Crippen molar-refractivity contribution >= 4 is 0 Å². The monoisotopic (exact) mass is 477 g/mol. The van der Waals surface area contributed by atoms with Gasteiger partial charge in [-0.15, -0.1) is 0 Å². The van der Waals surface area contributed by atoms with Crippen molar-refractivity contribution in [3.05, 3.63) is 0 Å². The maximum absolute atomic E-state index is 12.4. The molecule has 0 N–H and O–H groups in total. The van der Waals surface area contributed by atoms with E-state index >= 15 is 0 Å². The molecule has 3 atom stereocenters. The molecule has 3 aliphatic heterocycles. The van der Waals surface area contributed by atoms with E-state index in [0.717, 1.165) is 58.2 Å². The molecule has 0 spiro atoms. The first-order chi connectivity index (χ1) is 15.2. The van der Waals surface area contributed by atoms with E-state index in [4.69, 9.17) is 0 Å². The Balaban J connectivity index is 0.000000247. The van der Waals surface area contributed by atoms with Crippen molar-refractivity contribution in [1.82, 2.24) is 14.7 Å². The molecule has 3 fully saturated rings. The van der Waals surface area contributed by atoms with Crippen molar-refractivity contribution in [2.24, 2.45) is 0 Å². The van der Waals surface area contributed by atoms with Crippen molar-refractivity contribution in [1.29, 1.82) is 0 Å². The molecule has 0 aromatic rings. The molecule has 3 rings (SSSR count). The summed E-state index contributed by atoms with van der Waals surface area (Å²) in [7, 11) is 0. The van der Waals surface area contributed by atoms with Crippen LogP contribution in [0.5, 0.6) is 0 Å². The van der Waals surface area contributed by atoms with Crippen LogP contribution in [0.4, 0.5) is 13.2 Å². The Morgan fingerprint density at radius 3 is 0.818 bits per heavy atom. The number of rotatable bonds is 3. The second-order valence-electron chi connectivity index (χ2n) is 12.9. The first-order valence-electron chi connectivity index (χ1n) is 13.1. The zero-order chi connectivity index (χ0) is 25.4. The maximum atomic E-state index is 12.4. The van der Waals surface area contributed by atoms with Crippen molar-refractivity contribution < 1.29 is 13.2 Å². The molecule has 0 saturated carbocycles. The van der Waals surface area contributed by atoms with Crippen molar-refractivity contribution in [2.75, 3.05) is 39.7 Å². The van der Waals surface area contributed by atoms with Crippen LogP contribution in [-0.2, 0) is 0 Å². The number of halogens is 3. The van der Waals surface area contributed by atoms with Gasteiger partial charge in [-0.1, -0.05) is 0 Å². The lowest BCUT2D eigenvalue weighted by Gasteiger charge is -2.35. The van der Waals surface area contributed by atoms with E-state index < -0.39 is 0 Å². The summed E-state index contributed by atoms with van der Waals surface area (Å²) < 4.78 is 37.3. The molecule has 0 aromatic carbocycles. The van der Waals surface area contributed by atoms with Crippen LogP contribution in [0.3, 0.4) is 0 Å². The minimum absolute atomic E-state index is 0.146. The molecule has 198 valence electrons. The Hall–Kier alpha value is -0.330. The average Bonchev–Trinajstić information content (AvgIpc) is 3.46. The zero-order valence-corrected chi connectivity index (χ0v) is 23.2. The topological polar surface area (TPSA) is 9.72 Å². The molecular weight excluding hydrogens is 423 g/mol. The van der Waals surface area contributed by atoms with E-state index in [1.807, 2.05) is 0 Å². The highest BCUT2D eigenvalue weighted by molar-refractivity contribution is 4.89. The molecule has 33 heavy (non-hydrogen) atoms. The molecule has 3 aliphatic rings. The Kier molecular flexibility index (Phi) is 12.2. The lowest BCUT2D eigenvalue weighted by atomic mass is 10.1. The third kappa shape index (κ3) is 9.68. The fraction of sp³-hybridized carbons (Fsp3) is 1.00. The number of hydrogen-bond donors (Lipinski definition) is 0. The highest BCUT2D eigenvalue weighted by Crippen LogP contribution is 2.28. The van der Waals surface area contributed by atoms with Gasteiger partial charge in [0, 0.05) is 34.7 Å². The van der Waals surface area contributed by atoms with Crippen LogP contribution in [-0.4, -0.2) is 89.1 Å². The Morgan fingerprint density at radius 2 is 0.697 bits per heavy atom. The first kappa shape index (κ1) is 30.7. The lowest BCUT2D eigenvalue weighted by molar-refractivity contribution is 0.105. The fourth-order valence-electron chi connectivity index (χ4n) is 5.64. The zero-order valence-electron chi connectivity index (χ0n) is 23.2. The van der Waals surface area contributed by atoms with Gasteiger partial charge in [0.05, 0.1) is 0 Å². The minimum atomic E-state index is -0.183. The van der Waals surface area contributed by atoms with E-state index in [1.165, 1.54) is 0 Å². The normalized spacial score (nSPS) is 27.8. The van der Waals surface area contributed by atoms with Gasteiger partial charge in [-0.25, -0.2) is 13.2 Å². The van der Waals surface area contributed by atoms with E-state index in [2.05, 4.69) is 77.0 Å². The van der Waals surface area contributed by atoms with Crippen LogP contribution >= 0.6 is 0 Å². The van der Waals surface area contributed by atoms with Crippen LogP contribution in [0, 0.1) is 0 Å². The Labute approximate surface area is 203 Å². The van der Waals surface area contributed by atoms with Gasteiger partial charge in [-0.05, 0) is 120 Å². The summed E-state index contributed by atoms with van der Waals surface area (Å²) >= 11 is 0. The van der Waals surface area contributed by atoms with Gasteiger partial charge in [0.2, 0.25) is 0 Å². The Bertz CT molecular complexity index is 460. The molecule has 0 amide bonds. The predicted molar refractivity (Wildman–Crippen MR) is 136 cm³/mol. The number of hydrogen-bond acceptors (Lipinski definition) is 3. The third-order valence-electron chi connectivity index (χ3n) is 7.25. The third-order valence-corrected chi connectivity index (χ3v) is 7.25. The maximum Gasteiger partial charge on any atom is 0.105 e. The highest BCUT2D eigenvalue weighted by Gasteiger charge is 2.34. The summed E-state index contributed by atoms with van der Waals surface area (Å²) in [6.45, 7) is 22.0. The van der Waals surface area contributed by atoms with Crippen LogP contribution in [0.1, 0.15) is 101 Å². The number of alkyl halides is 3. The summed E-state index contributed by atoms with van der Waals surface area (Å²) in [6, 6.07) is 0.569.